The van der Waals surface area contributed by atoms with E-state index in [1.807, 2.05) is 12.2 Å². The van der Waals surface area contributed by atoms with Crippen molar-refractivity contribution >= 4 is 12.0 Å². The van der Waals surface area contributed by atoms with Crippen molar-refractivity contribution in [3.8, 4) is 0 Å². The molecule has 2 atom stereocenters. The second kappa shape index (κ2) is 9.07. The lowest BCUT2D eigenvalue weighted by Gasteiger charge is -2.28. The van der Waals surface area contributed by atoms with Crippen molar-refractivity contribution in [2.45, 2.75) is 38.6 Å². The molecule has 150 valence electrons. The van der Waals surface area contributed by atoms with Gasteiger partial charge in [0.25, 0.3) is 0 Å². The predicted molar refractivity (Wildman–Crippen MR) is 93.0 cm³/mol. The van der Waals surface area contributed by atoms with E-state index in [-0.39, 0.29) is 6.09 Å². The Kier molecular flexibility index (Phi) is 7.06. The molecule has 1 aromatic carbocycles. The van der Waals surface area contributed by atoms with E-state index in [1.165, 1.54) is 6.92 Å². The van der Waals surface area contributed by atoms with Gasteiger partial charge < -0.3 is 20.3 Å². The van der Waals surface area contributed by atoms with Gasteiger partial charge in [0.1, 0.15) is 6.10 Å². The summed E-state index contributed by atoms with van der Waals surface area (Å²) in [5.41, 5.74) is 1.28. The normalized spacial score (nSPS) is 17.1. The maximum absolute atomic E-state index is 12.3. The van der Waals surface area contributed by atoms with Crippen LogP contribution in [0.15, 0.2) is 24.3 Å². The average molecular weight is 387 g/mol. The summed E-state index contributed by atoms with van der Waals surface area (Å²) in [5.74, 6) is -1.98. The summed E-state index contributed by atoms with van der Waals surface area (Å²) < 4.78 is 42.6. The highest BCUT2D eigenvalue weighted by molar-refractivity contribution is 5.82. The summed E-state index contributed by atoms with van der Waals surface area (Å²) in [7, 11) is 0. The summed E-state index contributed by atoms with van der Waals surface area (Å²) >= 11 is 0. The molecule has 0 spiro atoms. The molecule has 6 nitrogen and oxygen atoms in total. The van der Waals surface area contributed by atoms with Crippen LogP contribution in [-0.2, 0) is 9.53 Å². The van der Waals surface area contributed by atoms with Crippen LogP contribution in [0.5, 0.6) is 0 Å². The number of carbonyl (C=O) groups excluding carboxylic acids is 2. The highest BCUT2D eigenvalue weighted by Gasteiger charge is 2.39. The van der Waals surface area contributed by atoms with Crippen LogP contribution in [0.1, 0.15) is 43.5 Å². The molecule has 2 rings (SSSR count). The van der Waals surface area contributed by atoms with Crippen LogP contribution in [0.25, 0.3) is 0 Å². The first-order chi connectivity index (χ1) is 12.7. The lowest BCUT2D eigenvalue weighted by Crippen LogP contribution is -2.46. The highest BCUT2D eigenvalue weighted by atomic mass is 19.4. The van der Waals surface area contributed by atoms with Gasteiger partial charge in [-0.15, -0.1) is 0 Å². The monoisotopic (exact) mass is 387 g/mol. The molecule has 0 aromatic heterocycles. The first-order valence-corrected chi connectivity index (χ1v) is 8.86. The Morgan fingerprint density at radius 2 is 1.74 bits per heavy atom. The first-order valence-electron chi connectivity index (χ1n) is 8.86. The van der Waals surface area contributed by atoms with E-state index in [4.69, 9.17) is 4.74 Å². The number of nitrogens with one attached hydrogen (secondary N) is 2. The largest absolute Gasteiger partial charge is 0.471 e. The van der Waals surface area contributed by atoms with Crippen LogP contribution < -0.4 is 10.6 Å². The zero-order valence-corrected chi connectivity index (χ0v) is 15.3. The van der Waals surface area contributed by atoms with Gasteiger partial charge in [-0.1, -0.05) is 31.2 Å². The van der Waals surface area contributed by atoms with Crippen molar-refractivity contribution < 1.29 is 27.5 Å². The minimum absolute atomic E-state index is 0.377. The second-order valence-electron chi connectivity index (χ2n) is 6.38. The molecular weight excluding hydrogens is 363 g/mol. The molecular formula is C18H24F3N3O3. The minimum atomic E-state index is -4.92. The molecule has 2 N–H and O–H groups in total. The molecule has 0 aliphatic carbocycles. The third kappa shape index (κ3) is 5.85. The van der Waals surface area contributed by atoms with Crippen molar-refractivity contribution in [3.05, 3.63) is 35.4 Å². The summed E-state index contributed by atoms with van der Waals surface area (Å²) in [6.45, 7) is 5.98. The number of benzene rings is 1. The van der Waals surface area contributed by atoms with E-state index >= 15 is 0 Å². The summed E-state index contributed by atoms with van der Waals surface area (Å²) in [4.78, 5) is 24.9. The number of piperazine rings is 1. The topological polar surface area (TPSA) is 70.7 Å². The van der Waals surface area contributed by atoms with E-state index in [1.54, 1.807) is 29.2 Å². The summed E-state index contributed by atoms with van der Waals surface area (Å²) in [5, 5.41) is 5.07. The molecule has 1 aromatic rings. The van der Waals surface area contributed by atoms with Crippen molar-refractivity contribution in [1.82, 2.24) is 15.5 Å². The van der Waals surface area contributed by atoms with E-state index in [9.17, 15) is 22.8 Å². The number of nitrogens with zero attached hydrogens (tertiary/aromatic N) is 1. The van der Waals surface area contributed by atoms with Crippen LogP contribution in [0, 0.1) is 0 Å². The van der Waals surface area contributed by atoms with E-state index in [2.05, 4.69) is 5.32 Å². The Hall–Kier alpha value is -2.29. The number of halogens is 3. The molecule has 0 bridgehead atoms. The summed E-state index contributed by atoms with van der Waals surface area (Å²) in [6, 6.07) is 5.85. The third-order valence-corrected chi connectivity index (χ3v) is 4.40. The van der Waals surface area contributed by atoms with Crippen molar-refractivity contribution in [3.63, 3.8) is 0 Å². The fraction of sp³-hybridized carbons (Fsp3) is 0.556. The molecule has 1 aliphatic rings. The number of rotatable bonds is 5. The maximum atomic E-state index is 12.3. The van der Waals surface area contributed by atoms with Crippen molar-refractivity contribution in [2.75, 3.05) is 26.2 Å². The fourth-order valence-electron chi connectivity index (χ4n) is 2.79. The molecule has 1 fully saturated rings. The molecule has 1 heterocycles. The number of hydrogen-bond donors (Lipinski definition) is 2. The quantitative estimate of drug-likeness (QED) is 0.815. The zero-order chi connectivity index (χ0) is 20.0. The molecule has 27 heavy (non-hydrogen) atoms. The average Bonchev–Trinajstić information content (AvgIpc) is 2.66. The van der Waals surface area contributed by atoms with Crippen LogP contribution in [0.3, 0.4) is 0 Å². The minimum Gasteiger partial charge on any atom is -0.441 e. The third-order valence-electron chi connectivity index (χ3n) is 4.40. The lowest BCUT2D eigenvalue weighted by molar-refractivity contribution is -0.174. The zero-order valence-electron chi connectivity index (χ0n) is 15.3. The van der Waals surface area contributed by atoms with Crippen molar-refractivity contribution in [1.29, 1.82) is 0 Å². The smallest absolute Gasteiger partial charge is 0.441 e. The van der Waals surface area contributed by atoms with Gasteiger partial charge in [-0.3, -0.25) is 4.79 Å². The molecule has 1 unspecified atom stereocenters. The van der Waals surface area contributed by atoms with Gasteiger partial charge >= 0.3 is 18.2 Å². The SMILES string of the molecule is CCC(OC(=O)N1CCNCC1)c1ccc([C@H](C)NC(=O)C(F)(F)F)cc1. The molecule has 1 saturated heterocycles. The van der Waals surface area contributed by atoms with Gasteiger partial charge in [0.2, 0.25) is 0 Å². The number of alkyl halides is 3. The maximum Gasteiger partial charge on any atom is 0.471 e. The van der Waals surface area contributed by atoms with E-state index in [0.29, 0.717) is 25.1 Å². The Morgan fingerprint density at radius 1 is 1.19 bits per heavy atom. The second-order valence-corrected chi connectivity index (χ2v) is 6.38. The Morgan fingerprint density at radius 3 is 2.26 bits per heavy atom. The molecule has 0 radical (unpaired) electrons. The van der Waals surface area contributed by atoms with Crippen LogP contribution in [0.2, 0.25) is 0 Å². The predicted octanol–water partition coefficient (Wildman–Crippen LogP) is 2.92. The number of ether oxygens (including phenoxy) is 1. The van der Waals surface area contributed by atoms with Gasteiger partial charge in [0.15, 0.2) is 0 Å². The van der Waals surface area contributed by atoms with E-state index in [0.717, 1.165) is 18.7 Å². The molecule has 1 aliphatic heterocycles. The van der Waals surface area contributed by atoms with E-state index < -0.39 is 24.2 Å². The van der Waals surface area contributed by atoms with Gasteiger partial charge in [-0.05, 0) is 24.5 Å². The Bertz CT molecular complexity index is 643. The Labute approximate surface area is 156 Å². The first kappa shape index (κ1) is 21.0. The van der Waals surface area contributed by atoms with Gasteiger partial charge in [0, 0.05) is 26.2 Å². The lowest BCUT2D eigenvalue weighted by atomic mass is 10.0. The standard InChI is InChI=1S/C18H24F3N3O3/c1-3-15(27-17(26)24-10-8-22-9-11-24)14-6-4-13(5-7-14)12(2)23-16(25)18(19,20)21/h4-7,12,15,22H,3,8-11H2,1-2H3,(H,23,25)/t12-,15?/m0/s1. The number of hydrogen-bond acceptors (Lipinski definition) is 4. The van der Waals surface area contributed by atoms with Gasteiger partial charge in [-0.2, -0.15) is 13.2 Å². The van der Waals surface area contributed by atoms with Crippen LogP contribution >= 0.6 is 0 Å². The molecule has 2 amide bonds. The highest BCUT2D eigenvalue weighted by Crippen LogP contribution is 2.25. The molecule has 9 heteroatoms. The Balaban J connectivity index is 1.99. The van der Waals surface area contributed by atoms with Crippen molar-refractivity contribution in [2.24, 2.45) is 0 Å². The van der Waals surface area contributed by atoms with Gasteiger partial charge in [0.05, 0.1) is 6.04 Å². The van der Waals surface area contributed by atoms with Crippen LogP contribution in [-0.4, -0.2) is 49.3 Å². The summed E-state index contributed by atoms with van der Waals surface area (Å²) in [6.07, 6.45) is -5.17. The van der Waals surface area contributed by atoms with Crippen LogP contribution in [0.4, 0.5) is 18.0 Å². The number of carbonyl (C=O) groups is 2. The number of amides is 2. The van der Waals surface area contributed by atoms with Gasteiger partial charge in [-0.25, -0.2) is 4.79 Å². The molecule has 0 saturated carbocycles. The fourth-order valence-corrected chi connectivity index (χ4v) is 2.79.